The number of ether oxygens (including phenoxy) is 1. The van der Waals surface area contributed by atoms with Crippen molar-refractivity contribution in [3.63, 3.8) is 0 Å². The molecule has 2 aromatic carbocycles. The van der Waals surface area contributed by atoms with Crippen LogP contribution in [-0.4, -0.2) is 40.8 Å². The third-order valence-corrected chi connectivity index (χ3v) is 8.98. The zero-order chi connectivity index (χ0) is 30.0. The summed E-state index contributed by atoms with van der Waals surface area (Å²) in [5.74, 6) is 1.18. The van der Waals surface area contributed by atoms with Crippen LogP contribution < -0.4 is 20.5 Å². The van der Waals surface area contributed by atoms with Crippen LogP contribution in [-0.2, 0) is 17.8 Å². The Kier molecular flexibility index (Phi) is 9.32. The Bertz CT molecular complexity index is 1470. The van der Waals surface area contributed by atoms with E-state index in [9.17, 15) is 9.59 Å². The van der Waals surface area contributed by atoms with Gasteiger partial charge in [0.1, 0.15) is 12.9 Å². The molecule has 0 aliphatic carbocycles. The standard InChI is InChI=1S/C32H41ClN4O4/c1-9-18(2)29(24-10-12-25(33)13-11-24)35-32-34-27-14-15-36(16-26(27)31(39)37(32)40-8)28(38)17-41-30-22(6)20(4)19(3)21(5)23(30)7/h10-13,18,29H,9,14-17H2,1-8H3,(H,34,35). The zero-order valence-electron chi connectivity index (χ0n) is 25.4. The number of carbonyl (C=O) groups is 1. The second-order valence-corrected chi connectivity index (χ2v) is 11.4. The number of nitrogens with one attached hydrogen (secondary N) is 1. The number of anilines is 1. The molecule has 9 heteroatoms. The molecule has 1 amide bonds. The predicted octanol–water partition coefficient (Wildman–Crippen LogP) is 5.66. The molecule has 2 unspecified atom stereocenters. The molecule has 0 saturated heterocycles. The second-order valence-electron chi connectivity index (χ2n) is 11.0. The molecule has 1 aromatic heterocycles. The Balaban J connectivity index is 1.56. The minimum atomic E-state index is -0.325. The normalized spacial score (nSPS) is 14.3. The molecule has 0 bridgehead atoms. The van der Waals surface area contributed by atoms with Crippen LogP contribution in [0.1, 0.15) is 70.9 Å². The molecule has 1 aliphatic rings. The Hall–Kier alpha value is -3.52. The van der Waals surface area contributed by atoms with Crippen molar-refractivity contribution in [1.29, 1.82) is 0 Å². The number of amides is 1. The summed E-state index contributed by atoms with van der Waals surface area (Å²) < 4.78 is 7.25. The van der Waals surface area contributed by atoms with Gasteiger partial charge in [-0.05, 0) is 86.1 Å². The zero-order valence-corrected chi connectivity index (χ0v) is 26.1. The van der Waals surface area contributed by atoms with Gasteiger partial charge in [0.2, 0.25) is 5.95 Å². The highest BCUT2D eigenvalue weighted by atomic mass is 35.5. The highest BCUT2D eigenvalue weighted by Crippen LogP contribution is 2.33. The summed E-state index contributed by atoms with van der Waals surface area (Å²) in [5.41, 5.74) is 7.52. The van der Waals surface area contributed by atoms with Crippen LogP contribution >= 0.6 is 11.6 Å². The van der Waals surface area contributed by atoms with E-state index in [-0.39, 0.29) is 36.6 Å². The summed E-state index contributed by atoms with van der Waals surface area (Å²) >= 11 is 6.12. The number of nitrogens with zero attached hydrogens (tertiary/aromatic N) is 3. The van der Waals surface area contributed by atoms with E-state index in [0.29, 0.717) is 35.2 Å². The number of benzene rings is 2. The molecule has 2 atom stereocenters. The maximum atomic E-state index is 13.6. The smallest absolute Gasteiger partial charge is 0.293 e. The van der Waals surface area contributed by atoms with Crippen molar-refractivity contribution in [3.8, 4) is 5.75 Å². The van der Waals surface area contributed by atoms with Gasteiger partial charge in [-0.15, -0.1) is 4.73 Å². The van der Waals surface area contributed by atoms with Crippen LogP contribution in [0.25, 0.3) is 0 Å². The van der Waals surface area contributed by atoms with Crippen molar-refractivity contribution in [2.75, 3.05) is 25.6 Å². The molecule has 2 heterocycles. The summed E-state index contributed by atoms with van der Waals surface area (Å²) in [4.78, 5) is 38.8. The van der Waals surface area contributed by atoms with Crippen molar-refractivity contribution >= 4 is 23.5 Å². The molecule has 3 aromatic rings. The fourth-order valence-electron chi connectivity index (χ4n) is 5.44. The van der Waals surface area contributed by atoms with Crippen molar-refractivity contribution in [2.45, 2.75) is 73.9 Å². The van der Waals surface area contributed by atoms with Gasteiger partial charge >= 0.3 is 0 Å². The third-order valence-electron chi connectivity index (χ3n) is 8.72. The summed E-state index contributed by atoms with van der Waals surface area (Å²) in [7, 11) is 1.44. The fraction of sp³-hybridized carbons (Fsp3) is 0.469. The van der Waals surface area contributed by atoms with E-state index < -0.39 is 0 Å². The summed E-state index contributed by atoms with van der Waals surface area (Å²) in [5, 5.41) is 4.12. The number of halogens is 1. The minimum absolute atomic E-state index is 0.0951. The second kappa shape index (κ2) is 12.6. The summed E-state index contributed by atoms with van der Waals surface area (Å²) in [6, 6.07) is 7.57. The molecule has 0 fully saturated rings. The van der Waals surface area contributed by atoms with Crippen molar-refractivity contribution in [2.24, 2.45) is 5.92 Å². The average Bonchev–Trinajstić information content (AvgIpc) is 2.97. The Labute approximate surface area is 247 Å². The van der Waals surface area contributed by atoms with E-state index in [1.54, 1.807) is 4.90 Å². The fourth-order valence-corrected chi connectivity index (χ4v) is 5.56. The minimum Gasteiger partial charge on any atom is -0.483 e. The van der Waals surface area contributed by atoms with Crippen LogP contribution in [0.5, 0.6) is 5.75 Å². The molecule has 8 nitrogen and oxygen atoms in total. The van der Waals surface area contributed by atoms with Gasteiger partial charge in [-0.3, -0.25) is 9.59 Å². The summed E-state index contributed by atoms with van der Waals surface area (Å²) in [6.45, 7) is 15.1. The number of aromatic nitrogens is 2. The lowest BCUT2D eigenvalue weighted by Gasteiger charge is -2.30. The first-order chi connectivity index (χ1) is 19.5. The van der Waals surface area contributed by atoms with Crippen LogP contribution in [0, 0.1) is 40.5 Å². The molecule has 220 valence electrons. The number of hydrogen-bond donors (Lipinski definition) is 1. The highest BCUT2D eigenvalue weighted by Gasteiger charge is 2.29. The van der Waals surface area contributed by atoms with Gasteiger partial charge in [0, 0.05) is 18.0 Å². The lowest BCUT2D eigenvalue weighted by Crippen LogP contribution is -2.44. The van der Waals surface area contributed by atoms with Crippen LogP contribution in [0.3, 0.4) is 0 Å². The number of fused-ring (bicyclic) bond motifs is 1. The van der Waals surface area contributed by atoms with Crippen molar-refractivity contribution < 1.29 is 14.4 Å². The molecule has 0 spiro atoms. The molecule has 4 rings (SSSR count). The van der Waals surface area contributed by atoms with Gasteiger partial charge in [0.25, 0.3) is 11.5 Å². The molecular weight excluding hydrogens is 540 g/mol. The topological polar surface area (TPSA) is 85.7 Å². The Morgan fingerprint density at radius 3 is 2.24 bits per heavy atom. The van der Waals surface area contributed by atoms with E-state index in [2.05, 4.69) is 39.9 Å². The Morgan fingerprint density at radius 1 is 1.05 bits per heavy atom. The van der Waals surface area contributed by atoms with Crippen LogP contribution in [0.4, 0.5) is 5.95 Å². The summed E-state index contributed by atoms with van der Waals surface area (Å²) in [6.07, 6.45) is 1.38. The van der Waals surface area contributed by atoms with E-state index in [1.165, 1.54) is 28.5 Å². The molecular formula is C32H41ClN4O4. The Morgan fingerprint density at radius 2 is 1.66 bits per heavy atom. The largest absolute Gasteiger partial charge is 0.483 e. The van der Waals surface area contributed by atoms with Crippen molar-refractivity contribution in [3.05, 3.63) is 84.3 Å². The third kappa shape index (κ3) is 6.08. The first-order valence-electron chi connectivity index (χ1n) is 14.2. The average molecular weight is 581 g/mol. The molecule has 41 heavy (non-hydrogen) atoms. The number of hydrogen-bond acceptors (Lipinski definition) is 6. The number of carbonyl (C=O) groups excluding carboxylic acids is 1. The monoisotopic (exact) mass is 580 g/mol. The first-order valence-corrected chi connectivity index (χ1v) is 14.5. The molecule has 0 saturated carbocycles. The van der Waals surface area contributed by atoms with Gasteiger partial charge in [-0.25, -0.2) is 4.98 Å². The van der Waals surface area contributed by atoms with Gasteiger partial charge in [-0.2, -0.15) is 0 Å². The van der Waals surface area contributed by atoms with Gasteiger partial charge in [0.05, 0.1) is 23.8 Å². The number of rotatable bonds is 9. The van der Waals surface area contributed by atoms with E-state index in [4.69, 9.17) is 26.2 Å². The lowest BCUT2D eigenvalue weighted by molar-refractivity contribution is -0.134. The lowest BCUT2D eigenvalue weighted by atomic mass is 9.92. The molecule has 1 N–H and O–H groups in total. The quantitative estimate of drug-likeness (QED) is 0.351. The van der Waals surface area contributed by atoms with E-state index in [0.717, 1.165) is 28.9 Å². The SMILES string of the molecule is CCC(C)C(Nc1nc2c(c(=O)n1OC)CN(C(=O)COc1c(C)c(C)c(C)c(C)c1C)CC2)c1ccc(Cl)cc1. The molecule has 1 aliphatic heterocycles. The molecule has 0 radical (unpaired) electrons. The van der Waals surface area contributed by atoms with Gasteiger partial charge in [-0.1, -0.05) is 44.0 Å². The highest BCUT2D eigenvalue weighted by molar-refractivity contribution is 6.30. The van der Waals surface area contributed by atoms with E-state index in [1.807, 2.05) is 38.1 Å². The van der Waals surface area contributed by atoms with E-state index >= 15 is 0 Å². The van der Waals surface area contributed by atoms with Crippen LogP contribution in [0.2, 0.25) is 5.02 Å². The first kappa shape index (κ1) is 30.4. The van der Waals surface area contributed by atoms with Gasteiger partial charge in [0.15, 0.2) is 6.61 Å². The maximum Gasteiger partial charge on any atom is 0.293 e. The van der Waals surface area contributed by atoms with Crippen molar-refractivity contribution in [1.82, 2.24) is 14.6 Å². The maximum absolute atomic E-state index is 13.6. The predicted molar refractivity (Wildman–Crippen MR) is 163 cm³/mol. The van der Waals surface area contributed by atoms with Gasteiger partial charge < -0.3 is 19.8 Å². The van der Waals surface area contributed by atoms with Crippen LogP contribution in [0.15, 0.2) is 29.1 Å².